The van der Waals surface area contributed by atoms with Gasteiger partial charge in [-0.1, -0.05) is 11.6 Å². The van der Waals surface area contributed by atoms with E-state index in [0.717, 1.165) is 4.88 Å². The first-order chi connectivity index (χ1) is 17.4. The summed E-state index contributed by atoms with van der Waals surface area (Å²) in [4.78, 5) is 27.7. The monoisotopic (exact) mass is 528 g/mol. The van der Waals surface area contributed by atoms with Gasteiger partial charge >= 0.3 is 0 Å². The van der Waals surface area contributed by atoms with E-state index in [-0.39, 0.29) is 17.0 Å². The third-order valence-corrected chi connectivity index (χ3v) is 6.66. The van der Waals surface area contributed by atoms with Crippen LogP contribution in [0.3, 0.4) is 0 Å². The number of aromatic nitrogens is 3. The Morgan fingerprint density at radius 3 is 2.64 bits per heavy atom. The van der Waals surface area contributed by atoms with Crippen molar-refractivity contribution < 1.29 is 19.0 Å². The second-order valence-electron chi connectivity index (χ2n) is 7.67. The molecule has 3 heterocycles. The number of hydrogen-bond donors (Lipinski definition) is 1. The van der Waals surface area contributed by atoms with E-state index < -0.39 is 0 Å². The summed E-state index contributed by atoms with van der Waals surface area (Å²) in [5, 5.41) is 7.81. The van der Waals surface area contributed by atoms with E-state index in [2.05, 4.69) is 10.4 Å². The van der Waals surface area contributed by atoms with Crippen LogP contribution >= 0.6 is 22.9 Å². The average Bonchev–Trinajstić information content (AvgIpc) is 3.52. The molecule has 0 bridgehead atoms. The zero-order valence-corrected chi connectivity index (χ0v) is 21.6. The number of halogens is 1. The average molecular weight is 529 g/mol. The number of thiophene rings is 1. The number of methoxy groups -OCH3 is 3. The Kier molecular flexibility index (Phi) is 8.09. The lowest BCUT2D eigenvalue weighted by molar-refractivity contribution is 0.103. The minimum atomic E-state index is -0.355. The SMILES string of the molecule is COCCn1cccc(-n2nc(C(=O)c3ccc(OC)cc3OC)cc2NCc2ccc(Cl)s2)c1=O. The molecule has 1 N–H and O–H groups in total. The standard InChI is InChI=1S/C25H25ClN4O5S/c1-33-12-11-29-10-4-5-20(25(29)32)30-23(27-15-17-7-9-22(26)36-17)14-19(28-30)24(31)18-8-6-16(34-2)13-21(18)35-3/h4-10,13-14,27H,11-12,15H2,1-3H3. The molecule has 3 aromatic heterocycles. The molecule has 188 valence electrons. The fraction of sp³-hybridized carbons (Fsp3) is 0.240. The maximum Gasteiger partial charge on any atom is 0.276 e. The summed E-state index contributed by atoms with van der Waals surface area (Å²) in [6.07, 6.45) is 1.68. The van der Waals surface area contributed by atoms with E-state index in [9.17, 15) is 9.59 Å². The number of nitrogens with zero attached hydrogens (tertiary/aromatic N) is 3. The van der Waals surface area contributed by atoms with Crippen molar-refractivity contribution in [3.63, 3.8) is 0 Å². The van der Waals surface area contributed by atoms with Gasteiger partial charge in [-0.3, -0.25) is 9.59 Å². The predicted molar refractivity (Wildman–Crippen MR) is 139 cm³/mol. The van der Waals surface area contributed by atoms with E-state index in [4.69, 9.17) is 25.8 Å². The Morgan fingerprint density at radius 1 is 1.11 bits per heavy atom. The number of ketones is 1. The number of carbonyl (C=O) groups is 1. The van der Waals surface area contributed by atoms with Crippen molar-refractivity contribution in [1.29, 1.82) is 0 Å². The summed E-state index contributed by atoms with van der Waals surface area (Å²) in [5.41, 5.74) is 0.504. The second-order valence-corrected chi connectivity index (χ2v) is 9.47. The van der Waals surface area contributed by atoms with Gasteiger partial charge in [0.1, 0.15) is 28.7 Å². The number of rotatable bonds is 11. The van der Waals surface area contributed by atoms with Crippen molar-refractivity contribution in [1.82, 2.24) is 14.3 Å². The van der Waals surface area contributed by atoms with Crippen molar-refractivity contribution in [2.75, 3.05) is 33.3 Å². The van der Waals surface area contributed by atoms with Crippen LogP contribution in [0.25, 0.3) is 5.69 Å². The molecule has 0 amide bonds. The van der Waals surface area contributed by atoms with Crippen LogP contribution in [0.15, 0.2) is 59.5 Å². The van der Waals surface area contributed by atoms with Gasteiger partial charge in [-0.05, 0) is 36.4 Å². The minimum Gasteiger partial charge on any atom is -0.497 e. The van der Waals surface area contributed by atoms with Gasteiger partial charge in [-0.15, -0.1) is 11.3 Å². The Bertz CT molecular complexity index is 1430. The van der Waals surface area contributed by atoms with Crippen LogP contribution in [0, 0.1) is 0 Å². The Labute approximate surface area is 216 Å². The van der Waals surface area contributed by atoms with Crippen LogP contribution in [0.1, 0.15) is 20.9 Å². The van der Waals surface area contributed by atoms with Crippen LogP contribution in [-0.4, -0.2) is 48.1 Å². The highest BCUT2D eigenvalue weighted by molar-refractivity contribution is 7.16. The molecule has 4 rings (SSSR count). The zero-order chi connectivity index (χ0) is 25.7. The van der Waals surface area contributed by atoms with Crippen molar-refractivity contribution in [2.45, 2.75) is 13.1 Å². The van der Waals surface area contributed by atoms with Crippen molar-refractivity contribution in [3.05, 3.63) is 85.6 Å². The van der Waals surface area contributed by atoms with E-state index in [0.29, 0.717) is 52.6 Å². The topological polar surface area (TPSA) is 96.6 Å². The molecule has 36 heavy (non-hydrogen) atoms. The molecule has 0 aliphatic rings. The fourth-order valence-electron chi connectivity index (χ4n) is 3.60. The third-order valence-electron chi connectivity index (χ3n) is 5.43. The van der Waals surface area contributed by atoms with Gasteiger partial charge in [0, 0.05) is 36.9 Å². The summed E-state index contributed by atoms with van der Waals surface area (Å²) in [6.45, 7) is 1.21. The first kappa shape index (κ1) is 25.5. The normalized spacial score (nSPS) is 10.9. The highest BCUT2D eigenvalue weighted by atomic mass is 35.5. The summed E-state index contributed by atoms with van der Waals surface area (Å²) < 4.78 is 19.4. The van der Waals surface area contributed by atoms with Gasteiger partial charge in [0.25, 0.3) is 5.56 Å². The fourth-order valence-corrected chi connectivity index (χ4v) is 4.63. The lowest BCUT2D eigenvalue weighted by Crippen LogP contribution is -2.26. The Hall–Kier alpha value is -3.60. The minimum absolute atomic E-state index is 0.150. The first-order valence-corrected chi connectivity index (χ1v) is 12.2. The highest BCUT2D eigenvalue weighted by Gasteiger charge is 2.22. The first-order valence-electron chi connectivity index (χ1n) is 11.0. The highest BCUT2D eigenvalue weighted by Crippen LogP contribution is 2.28. The molecular formula is C25H25ClN4O5S. The van der Waals surface area contributed by atoms with Crippen LogP contribution in [0.4, 0.5) is 5.82 Å². The van der Waals surface area contributed by atoms with Crippen molar-refractivity contribution in [2.24, 2.45) is 0 Å². The number of pyridine rings is 1. The van der Waals surface area contributed by atoms with Gasteiger partial charge in [-0.2, -0.15) is 5.10 Å². The van der Waals surface area contributed by atoms with Crippen LogP contribution in [0.2, 0.25) is 4.34 Å². The molecular weight excluding hydrogens is 504 g/mol. The third kappa shape index (κ3) is 5.46. The smallest absolute Gasteiger partial charge is 0.276 e. The summed E-state index contributed by atoms with van der Waals surface area (Å²) in [5.74, 6) is 1.05. The van der Waals surface area contributed by atoms with Gasteiger partial charge in [0.15, 0.2) is 0 Å². The number of hydrogen-bond acceptors (Lipinski definition) is 8. The molecule has 0 fully saturated rings. The second kappa shape index (κ2) is 11.4. The molecule has 0 aliphatic carbocycles. The quantitative estimate of drug-likeness (QED) is 0.291. The molecule has 9 nitrogen and oxygen atoms in total. The van der Waals surface area contributed by atoms with Crippen LogP contribution in [0.5, 0.6) is 11.5 Å². The maximum absolute atomic E-state index is 13.5. The summed E-state index contributed by atoms with van der Waals surface area (Å²) >= 11 is 7.51. The number of carbonyl (C=O) groups excluding carboxylic acids is 1. The van der Waals surface area contributed by atoms with E-state index >= 15 is 0 Å². The molecule has 0 spiro atoms. The number of nitrogens with one attached hydrogen (secondary N) is 1. The lowest BCUT2D eigenvalue weighted by atomic mass is 10.1. The molecule has 0 aliphatic heterocycles. The molecule has 0 atom stereocenters. The summed E-state index contributed by atoms with van der Waals surface area (Å²) in [6, 6.07) is 13.7. The maximum atomic E-state index is 13.5. The molecule has 0 radical (unpaired) electrons. The number of ether oxygens (including phenoxy) is 3. The molecule has 0 saturated heterocycles. The lowest BCUT2D eigenvalue weighted by Gasteiger charge is -2.11. The van der Waals surface area contributed by atoms with Gasteiger partial charge < -0.3 is 24.1 Å². The Morgan fingerprint density at radius 2 is 1.94 bits per heavy atom. The number of anilines is 1. The van der Waals surface area contributed by atoms with Gasteiger partial charge in [0.2, 0.25) is 5.78 Å². The van der Waals surface area contributed by atoms with Gasteiger partial charge in [-0.25, -0.2) is 4.68 Å². The van der Waals surface area contributed by atoms with Crippen LogP contribution in [-0.2, 0) is 17.8 Å². The van der Waals surface area contributed by atoms with Gasteiger partial charge in [0.05, 0.1) is 37.3 Å². The number of benzene rings is 1. The van der Waals surface area contributed by atoms with Crippen molar-refractivity contribution in [3.8, 4) is 17.2 Å². The molecule has 11 heteroatoms. The molecule has 4 aromatic rings. The molecule has 0 saturated carbocycles. The largest absolute Gasteiger partial charge is 0.497 e. The van der Waals surface area contributed by atoms with E-state index in [1.807, 2.05) is 12.1 Å². The van der Waals surface area contributed by atoms with E-state index in [1.54, 1.807) is 49.7 Å². The molecule has 1 aromatic carbocycles. The van der Waals surface area contributed by atoms with Crippen LogP contribution < -0.4 is 20.3 Å². The predicted octanol–water partition coefficient (Wildman–Crippen LogP) is 4.26. The summed E-state index contributed by atoms with van der Waals surface area (Å²) in [7, 11) is 4.60. The van der Waals surface area contributed by atoms with E-state index in [1.165, 1.54) is 34.8 Å². The Balaban J connectivity index is 1.76. The zero-order valence-electron chi connectivity index (χ0n) is 20.0. The molecule has 0 unspecified atom stereocenters. The van der Waals surface area contributed by atoms with Crippen molar-refractivity contribution >= 4 is 34.5 Å².